The van der Waals surface area contributed by atoms with Crippen molar-refractivity contribution in [2.45, 2.75) is 32.7 Å². The Morgan fingerprint density at radius 3 is 2.90 bits per heavy atom. The van der Waals surface area contributed by atoms with Gasteiger partial charge in [0, 0.05) is 11.4 Å². The lowest BCUT2D eigenvalue weighted by atomic mass is 10.2. The van der Waals surface area contributed by atoms with E-state index in [2.05, 4.69) is 32.4 Å². The van der Waals surface area contributed by atoms with Gasteiger partial charge in [-0.25, -0.2) is 4.98 Å². The highest BCUT2D eigenvalue weighted by molar-refractivity contribution is 7.10. The summed E-state index contributed by atoms with van der Waals surface area (Å²) in [6, 6.07) is 4.77. The Bertz CT molecular complexity index is 597. The smallest absolute Gasteiger partial charge is 0.221 e. The molecule has 0 aliphatic carbocycles. The Morgan fingerprint density at radius 2 is 2.20 bits per heavy atom. The number of methoxy groups -OCH3 is 1. The van der Waals surface area contributed by atoms with Crippen LogP contribution in [0.4, 0.5) is 5.82 Å². The molecule has 1 unspecified atom stereocenters. The van der Waals surface area contributed by atoms with Crippen LogP contribution in [-0.4, -0.2) is 23.6 Å². The predicted molar refractivity (Wildman–Crippen MR) is 81.7 cm³/mol. The normalized spacial score (nSPS) is 18.6. The molecule has 0 bridgehead atoms. The molecule has 3 heterocycles. The molecule has 2 aromatic heterocycles. The fourth-order valence-corrected chi connectivity index (χ4v) is 3.74. The highest BCUT2D eigenvalue weighted by Gasteiger charge is 2.30. The van der Waals surface area contributed by atoms with Crippen molar-refractivity contribution < 1.29 is 4.74 Å². The first-order chi connectivity index (χ1) is 9.70. The van der Waals surface area contributed by atoms with E-state index >= 15 is 0 Å². The Hall–Kier alpha value is -1.62. The second kappa shape index (κ2) is 5.40. The third kappa shape index (κ3) is 2.26. The van der Waals surface area contributed by atoms with Crippen LogP contribution in [0.15, 0.2) is 17.5 Å². The fraction of sp³-hybridized carbons (Fsp3) is 0.467. The van der Waals surface area contributed by atoms with Crippen LogP contribution in [-0.2, 0) is 0 Å². The number of anilines is 1. The molecule has 5 heteroatoms. The topological polar surface area (TPSA) is 38.3 Å². The number of nitrogens with zero attached hydrogens (tertiary/aromatic N) is 3. The van der Waals surface area contributed by atoms with Gasteiger partial charge in [0.05, 0.1) is 18.7 Å². The molecule has 1 fully saturated rings. The van der Waals surface area contributed by atoms with Crippen LogP contribution in [0.1, 0.15) is 35.1 Å². The van der Waals surface area contributed by atoms with Crippen molar-refractivity contribution >= 4 is 17.2 Å². The standard InChI is InChI=1S/C15H19N3OS/c1-10-14(16-11(2)17-15(10)19-3)18-8-4-6-12(18)13-7-5-9-20-13/h5,7,9,12H,4,6,8H2,1-3H3. The minimum Gasteiger partial charge on any atom is -0.481 e. The lowest BCUT2D eigenvalue weighted by Crippen LogP contribution is -2.24. The summed E-state index contributed by atoms with van der Waals surface area (Å²) >= 11 is 1.82. The van der Waals surface area contributed by atoms with Crippen molar-refractivity contribution in [1.29, 1.82) is 0 Å². The van der Waals surface area contributed by atoms with Gasteiger partial charge in [-0.2, -0.15) is 4.98 Å². The summed E-state index contributed by atoms with van der Waals surface area (Å²) < 4.78 is 5.38. The lowest BCUT2D eigenvalue weighted by molar-refractivity contribution is 0.392. The molecule has 0 aromatic carbocycles. The summed E-state index contributed by atoms with van der Waals surface area (Å²) in [5.74, 6) is 2.47. The number of ether oxygens (including phenoxy) is 1. The van der Waals surface area contributed by atoms with E-state index < -0.39 is 0 Å². The molecule has 1 atom stereocenters. The maximum absolute atomic E-state index is 5.38. The summed E-state index contributed by atoms with van der Waals surface area (Å²) in [4.78, 5) is 12.8. The molecule has 20 heavy (non-hydrogen) atoms. The molecule has 1 aliphatic heterocycles. The van der Waals surface area contributed by atoms with Crippen LogP contribution in [0, 0.1) is 13.8 Å². The maximum Gasteiger partial charge on any atom is 0.221 e. The number of thiophene rings is 1. The van der Waals surface area contributed by atoms with E-state index in [4.69, 9.17) is 4.74 Å². The maximum atomic E-state index is 5.38. The zero-order chi connectivity index (χ0) is 14.1. The average Bonchev–Trinajstić information content (AvgIpc) is 3.09. The number of rotatable bonds is 3. The van der Waals surface area contributed by atoms with E-state index in [9.17, 15) is 0 Å². The zero-order valence-electron chi connectivity index (χ0n) is 12.1. The molecular formula is C15H19N3OS. The molecule has 1 aliphatic rings. The highest BCUT2D eigenvalue weighted by Crippen LogP contribution is 2.39. The van der Waals surface area contributed by atoms with E-state index in [1.165, 1.54) is 17.7 Å². The van der Waals surface area contributed by atoms with Crippen LogP contribution >= 0.6 is 11.3 Å². The molecule has 0 amide bonds. The first-order valence-electron chi connectivity index (χ1n) is 6.90. The fourth-order valence-electron chi connectivity index (χ4n) is 2.86. The second-order valence-corrected chi connectivity index (χ2v) is 6.07. The molecular weight excluding hydrogens is 270 g/mol. The van der Waals surface area contributed by atoms with Crippen molar-refractivity contribution in [1.82, 2.24) is 9.97 Å². The number of hydrogen-bond acceptors (Lipinski definition) is 5. The molecule has 0 spiro atoms. The molecule has 106 valence electrons. The molecule has 3 rings (SSSR count). The van der Waals surface area contributed by atoms with Gasteiger partial charge in [-0.05, 0) is 38.1 Å². The molecule has 0 N–H and O–H groups in total. The first kappa shape index (κ1) is 13.4. The Morgan fingerprint density at radius 1 is 1.35 bits per heavy atom. The number of aromatic nitrogens is 2. The third-order valence-electron chi connectivity index (χ3n) is 3.78. The first-order valence-corrected chi connectivity index (χ1v) is 7.78. The SMILES string of the molecule is COc1nc(C)nc(N2CCCC2c2cccs2)c1C. The van der Waals surface area contributed by atoms with E-state index in [-0.39, 0.29) is 0 Å². The van der Waals surface area contributed by atoms with Crippen molar-refractivity contribution in [3.05, 3.63) is 33.8 Å². The van der Waals surface area contributed by atoms with Crippen molar-refractivity contribution in [2.24, 2.45) is 0 Å². The van der Waals surface area contributed by atoms with Crippen LogP contribution in [0.3, 0.4) is 0 Å². The molecule has 4 nitrogen and oxygen atoms in total. The number of aryl methyl sites for hydroxylation is 1. The number of hydrogen-bond donors (Lipinski definition) is 0. The van der Waals surface area contributed by atoms with Crippen molar-refractivity contribution in [3.8, 4) is 5.88 Å². The molecule has 0 saturated carbocycles. The largest absolute Gasteiger partial charge is 0.481 e. The molecule has 0 radical (unpaired) electrons. The Balaban J connectivity index is 2.02. The minimum atomic E-state index is 0.438. The Labute approximate surface area is 123 Å². The highest BCUT2D eigenvalue weighted by atomic mass is 32.1. The van der Waals surface area contributed by atoms with E-state index in [0.29, 0.717) is 11.9 Å². The van der Waals surface area contributed by atoms with E-state index in [0.717, 1.165) is 23.8 Å². The molecule has 2 aromatic rings. The van der Waals surface area contributed by atoms with Crippen LogP contribution < -0.4 is 9.64 Å². The van der Waals surface area contributed by atoms with Gasteiger partial charge >= 0.3 is 0 Å². The Kier molecular flexibility index (Phi) is 3.61. The second-order valence-electron chi connectivity index (χ2n) is 5.10. The van der Waals surface area contributed by atoms with Crippen molar-refractivity contribution in [3.63, 3.8) is 0 Å². The van der Waals surface area contributed by atoms with Gasteiger partial charge in [-0.3, -0.25) is 0 Å². The van der Waals surface area contributed by atoms with E-state index in [1.54, 1.807) is 7.11 Å². The zero-order valence-corrected chi connectivity index (χ0v) is 12.9. The van der Waals surface area contributed by atoms with Gasteiger partial charge in [-0.15, -0.1) is 11.3 Å². The van der Waals surface area contributed by atoms with Crippen LogP contribution in [0.5, 0.6) is 5.88 Å². The summed E-state index contributed by atoms with van der Waals surface area (Å²) in [7, 11) is 1.67. The van der Waals surface area contributed by atoms with E-state index in [1.807, 2.05) is 25.2 Å². The van der Waals surface area contributed by atoms with Gasteiger partial charge in [0.15, 0.2) is 0 Å². The summed E-state index contributed by atoms with van der Waals surface area (Å²) in [5, 5.41) is 2.14. The average molecular weight is 289 g/mol. The summed E-state index contributed by atoms with van der Waals surface area (Å²) in [6.07, 6.45) is 2.39. The van der Waals surface area contributed by atoms with Crippen LogP contribution in [0.25, 0.3) is 0 Å². The van der Waals surface area contributed by atoms with Crippen LogP contribution in [0.2, 0.25) is 0 Å². The predicted octanol–water partition coefficient (Wildman–Crippen LogP) is 3.51. The van der Waals surface area contributed by atoms with Gasteiger partial charge in [0.1, 0.15) is 11.6 Å². The van der Waals surface area contributed by atoms with Gasteiger partial charge in [0.2, 0.25) is 5.88 Å². The summed E-state index contributed by atoms with van der Waals surface area (Å²) in [5.41, 5.74) is 1.03. The van der Waals surface area contributed by atoms with Gasteiger partial charge in [-0.1, -0.05) is 6.07 Å². The lowest BCUT2D eigenvalue weighted by Gasteiger charge is -2.27. The molecule has 1 saturated heterocycles. The summed E-state index contributed by atoms with van der Waals surface area (Å²) in [6.45, 7) is 5.00. The van der Waals surface area contributed by atoms with Gasteiger partial charge < -0.3 is 9.64 Å². The third-order valence-corrected chi connectivity index (χ3v) is 4.75. The van der Waals surface area contributed by atoms with Gasteiger partial charge in [0.25, 0.3) is 0 Å². The monoisotopic (exact) mass is 289 g/mol. The van der Waals surface area contributed by atoms with Crippen molar-refractivity contribution in [2.75, 3.05) is 18.6 Å². The minimum absolute atomic E-state index is 0.438. The quantitative estimate of drug-likeness (QED) is 0.866.